The number of aromatic nitrogens is 2. The molecule has 0 amide bonds. The number of fused-ring (bicyclic) bond motifs is 1. The predicted molar refractivity (Wildman–Crippen MR) is 76.7 cm³/mol. The van der Waals surface area contributed by atoms with Gasteiger partial charge >= 0.3 is 0 Å². The number of halogens is 1. The quantitative estimate of drug-likeness (QED) is 0.784. The van der Waals surface area contributed by atoms with E-state index in [0.717, 1.165) is 29.0 Å². The van der Waals surface area contributed by atoms with E-state index in [1.54, 1.807) is 0 Å². The van der Waals surface area contributed by atoms with Crippen molar-refractivity contribution >= 4 is 22.6 Å². The Hall–Kier alpha value is -2.00. The zero-order chi connectivity index (χ0) is 13.1. The maximum atomic E-state index is 5.82. The normalized spacial score (nSPS) is 10.8. The summed E-state index contributed by atoms with van der Waals surface area (Å²) >= 11 is 5.82. The van der Waals surface area contributed by atoms with E-state index in [-0.39, 0.29) is 0 Å². The van der Waals surface area contributed by atoms with Crippen molar-refractivity contribution in [1.82, 2.24) is 9.97 Å². The van der Waals surface area contributed by atoms with Gasteiger partial charge in [0.2, 0.25) is 0 Å². The van der Waals surface area contributed by atoms with E-state index < -0.39 is 0 Å². The molecule has 96 valence electrons. The van der Waals surface area contributed by atoms with Crippen LogP contribution in [0.1, 0.15) is 5.82 Å². The molecule has 0 saturated carbocycles. The van der Waals surface area contributed by atoms with Crippen molar-refractivity contribution in [2.75, 3.05) is 6.61 Å². The molecule has 0 bridgehead atoms. The zero-order valence-electron chi connectivity index (χ0n) is 10.3. The molecule has 0 unspecified atom stereocenters. The first-order valence-electron chi connectivity index (χ1n) is 6.13. The summed E-state index contributed by atoms with van der Waals surface area (Å²) in [7, 11) is 0. The van der Waals surface area contributed by atoms with Gasteiger partial charge in [0.15, 0.2) is 0 Å². The minimum absolute atomic E-state index is 0.585. The minimum Gasteiger partial charge on any atom is -0.493 e. The van der Waals surface area contributed by atoms with Crippen molar-refractivity contribution in [1.29, 1.82) is 0 Å². The average Bonchev–Trinajstić information content (AvgIpc) is 2.83. The second-order valence-corrected chi connectivity index (χ2v) is 4.69. The Morgan fingerprint density at radius 1 is 1.05 bits per heavy atom. The van der Waals surface area contributed by atoms with Crippen LogP contribution >= 0.6 is 11.6 Å². The van der Waals surface area contributed by atoms with E-state index in [1.807, 2.05) is 48.5 Å². The number of aromatic amines is 1. The monoisotopic (exact) mass is 272 g/mol. The number of hydrogen-bond donors (Lipinski definition) is 1. The number of nitrogens with one attached hydrogen (secondary N) is 1. The van der Waals surface area contributed by atoms with Crippen LogP contribution in [0.4, 0.5) is 0 Å². The molecule has 0 atom stereocenters. The molecule has 1 N–H and O–H groups in total. The van der Waals surface area contributed by atoms with E-state index in [9.17, 15) is 0 Å². The van der Waals surface area contributed by atoms with Crippen molar-refractivity contribution in [3.63, 3.8) is 0 Å². The van der Waals surface area contributed by atoms with Crippen LogP contribution in [0.3, 0.4) is 0 Å². The zero-order valence-corrected chi connectivity index (χ0v) is 11.0. The Balaban J connectivity index is 1.61. The molecule has 0 aliphatic carbocycles. The number of ether oxygens (including phenoxy) is 1. The maximum absolute atomic E-state index is 5.82. The summed E-state index contributed by atoms with van der Waals surface area (Å²) < 4.78 is 5.64. The van der Waals surface area contributed by atoms with Crippen LogP contribution in [0, 0.1) is 0 Å². The fourth-order valence-electron chi connectivity index (χ4n) is 1.92. The van der Waals surface area contributed by atoms with Crippen LogP contribution in [-0.2, 0) is 6.42 Å². The van der Waals surface area contributed by atoms with E-state index in [1.165, 1.54) is 0 Å². The number of benzene rings is 2. The Labute approximate surface area is 116 Å². The Morgan fingerprint density at radius 2 is 1.84 bits per heavy atom. The number of imidazole rings is 1. The molecule has 1 heterocycles. The van der Waals surface area contributed by atoms with Crippen molar-refractivity contribution in [3.8, 4) is 5.75 Å². The smallest absolute Gasteiger partial charge is 0.119 e. The summed E-state index contributed by atoms with van der Waals surface area (Å²) in [6.07, 6.45) is 0.747. The van der Waals surface area contributed by atoms with Crippen LogP contribution in [0.2, 0.25) is 5.02 Å². The standard InChI is InChI=1S/C15H13ClN2O/c16-11-5-7-12(8-6-11)19-10-9-15-17-13-3-1-2-4-14(13)18-15/h1-8H,9-10H2,(H,17,18). The second kappa shape index (κ2) is 5.33. The van der Waals surface area contributed by atoms with Crippen molar-refractivity contribution in [3.05, 3.63) is 59.4 Å². The lowest BCUT2D eigenvalue weighted by Crippen LogP contribution is -2.02. The summed E-state index contributed by atoms with van der Waals surface area (Å²) in [5.41, 5.74) is 2.05. The number of para-hydroxylation sites is 2. The number of rotatable bonds is 4. The van der Waals surface area contributed by atoms with Crippen LogP contribution in [0.15, 0.2) is 48.5 Å². The number of hydrogen-bond acceptors (Lipinski definition) is 2. The summed E-state index contributed by atoms with van der Waals surface area (Å²) in [5.74, 6) is 1.76. The lowest BCUT2D eigenvalue weighted by molar-refractivity contribution is 0.319. The Bertz CT molecular complexity index is 643. The summed E-state index contributed by atoms with van der Waals surface area (Å²) in [6.45, 7) is 0.585. The highest BCUT2D eigenvalue weighted by molar-refractivity contribution is 6.30. The highest BCUT2D eigenvalue weighted by atomic mass is 35.5. The van der Waals surface area contributed by atoms with Crippen molar-refractivity contribution in [2.45, 2.75) is 6.42 Å². The Kier molecular flexibility index (Phi) is 3.38. The van der Waals surface area contributed by atoms with Gasteiger partial charge in [-0.15, -0.1) is 0 Å². The predicted octanol–water partition coefficient (Wildman–Crippen LogP) is 3.84. The van der Waals surface area contributed by atoms with Gasteiger partial charge in [-0.1, -0.05) is 23.7 Å². The first-order chi connectivity index (χ1) is 9.31. The summed E-state index contributed by atoms with van der Waals surface area (Å²) in [5, 5.41) is 0.713. The van der Waals surface area contributed by atoms with Gasteiger partial charge in [0.1, 0.15) is 11.6 Å². The average molecular weight is 273 g/mol. The number of H-pyrrole nitrogens is 1. The van der Waals surface area contributed by atoms with Gasteiger partial charge in [-0.25, -0.2) is 4.98 Å². The molecule has 0 radical (unpaired) electrons. The second-order valence-electron chi connectivity index (χ2n) is 4.25. The minimum atomic E-state index is 0.585. The van der Waals surface area contributed by atoms with Crippen molar-refractivity contribution in [2.24, 2.45) is 0 Å². The molecular formula is C15H13ClN2O. The molecule has 3 rings (SSSR count). The lowest BCUT2D eigenvalue weighted by Gasteiger charge is -2.04. The van der Waals surface area contributed by atoms with Gasteiger partial charge in [-0.05, 0) is 36.4 Å². The maximum Gasteiger partial charge on any atom is 0.119 e. The van der Waals surface area contributed by atoms with Crippen molar-refractivity contribution < 1.29 is 4.74 Å². The van der Waals surface area contributed by atoms with Crippen LogP contribution < -0.4 is 4.74 Å². The summed E-state index contributed by atoms with van der Waals surface area (Å²) in [6, 6.07) is 15.4. The molecule has 0 spiro atoms. The third-order valence-electron chi connectivity index (χ3n) is 2.86. The van der Waals surface area contributed by atoms with Crippen LogP contribution in [0.5, 0.6) is 5.75 Å². The molecule has 3 aromatic rings. The van der Waals surface area contributed by atoms with E-state index in [4.69, 9.17) is 16.3 Å². The first-order valence-corrected chi connectivity index (χ1v) is 6.51. The molecule has 1 aromatic heterocycles. The molecule has 2 aromatic carbocycles. The van der Waals surface area contributed by atoms with E-state index in [0.29, 0.717) is 11.6 Å². The van der Waals surface area contributed by atoms with E-state index in [2.05, 4.69) is 9.97 Å². The van der Waals surface area contributed by atoms with Crippen LogP contribution in [0.25, 0.3) is 11.0 Å². The lowest BCUT2D eigenvalue weighted by atomic mass is 10.3. The van der Waals surface area contributed by atoms with Gasteiger partial charge in [0, 0.05) is 11.4 Å². The summed E-state index contributed by atoms with van der Waals surface area (Å²) in [4.78, 5) is 7.78. The third-order valence-corrected chi connectivity index (χ3v) is 3.11. The highest BCUT2D eigenvalue weighted by Crippen LogP contribution is 2.16. The van der Waals surface area contributed by atoms with Gasteiger partial charge in [-0.2, -0.15) is 0 Å². The highest BCUT2D eigenvalue weighted by Gasteiger charge is 2.02. The molecule has 0 saturated heterocycles. The molecule has 0 aliphatic rings. The molecule has 3 nitrogen and oxygen atoms in total. The largest absolute Gasteiger partial charge is 0.493 e. The molecule has 19 heavy (non-hydrogen) atoms. The van der Waals surface area contributed by atoms with Gasteiger partial charge in [0.25, 0.3) is 0 Å². The molecular weight excluding hydrogens is 260 g/mol. The van der Waals surface area contributed by atoms with Gasteiger partial charge < -0.3 is 9.72 Å². The molecule has 0 aliphatic heterocycles. The third kappa shape index (κ3) is 2.88. The van der Waals surface area contributed by atoms with Gasteiger partial charge in [0.05, 0.1) is 17.6 Å². The fourth-order valence-corrected chi connectivity index (χ4v) is 2.05. The number of nitrogens with zero attached hydrogens (tertiary/aromatic N) is 1. The first kappa shape index (κ1) is 12.1. The van der Waals surface area contributed by atoms with E-state index >= 15 is 0 Å². The molecule has 0 fully saturated rings. The fraction of sp³-hybridized carbons (Fsp3) is 0.133. The van der Waals surface area contributed by atoms with Crippen LogP contribution in [-0.4, -0.2) is 16.6 Å². The SMILES string of the molecule is Clc1ccc(OCCc2nc3ccccc3[nH]2)cc1. The Morgan fingerprint density at radius 3 is 2.63 bits per heavy atom. The topological polar surface area (TPSA) is 37.9 Å². The molecule has 4 heteroatoms. The van der Waals surface area contributed by atoms with Gasteiger partial charge in [-0.3, -0.25) is 0 Å².